The smallest absolute Gasteiger partial charge is 0.306 e. The Labute approximate surface area is 489 Å². The minimum Gasteiger partial charge on any atom is -0.462 e. The van der Waals surface area contributed by atoms with Gasteiger partial charge in [-0.05, 0) is 103 Å². The van der Waals surface area contributed by atoms with Crippen molar-refractivity contribution in [2.24, 2.45) is 0 Å². The molecule has 0 aliphatic heterocycles. The molecule has 0 aliphatic carbocycles. The summed E-state index contributed by atoms with van der Waals surface area (Å²) in [5.41, 5.74) is 0. The van der Waals surface area contributed by atoms with Gasteiger partial charge in [0.25, 0.3) is 0 Å². The minimum atomic E-state index is -0.804. The lowest BCUT2D eigenvalue weighted by atomic mass is 10.0. The summed E-state index contributed by atoms with van der Waals surface area (Å²) < 4.78 is 16.9. The highest BCUT2D eigenvalue weighted by molar-refractivity contribution is 5.71. The molecule has 0 aromatic carbocycles. The third kappa shape index (κ3) is 64.8. The van der Waals surface area contributed by atoms with E-state index in [1.807, 2.05) is 0 Å². The Morgan fingerprint density at radius 3 is 0.823 bits per heavy atom. The molecule has 0 spiro atoms. The molecular formula is C73H124O6. The van der Waals surface area contributed by atoms with Crippen LogP contribution < -0.4 is 0 Å². The van der Waals surface area contributed by atoms with Crippen LogP contribution in [-0.4, -0.2) is 37.2 Å². The minimum absolute atomic E-state index is 0.0950. The van der Waals surface area contributed by atoms with E-state index in [9.17, 15) is 14.4 Å². The number of carbonyl (C=O) groups excluding carboxylic acids is 3. The van der Waals surface area contributed by atoms with Gasteiger partial charge in [0.2, 0.25) is 0 Å². The predicted octanol–water partition coefficient (Wildman–Crippen LogP) is 23.0. The second kappa shape index (κ2) is 66.6. The van der Waals surface area contributed by atoms with Gasteiger partial charge in [0.1, 0.15) is 13.2 Å². The van der Waals surface area contributed by atoms with E-state index in [0.29, 0.717) is 19.3 Å². The fraction of sp³-hybridized carbons (Fsp3) is 0.712. The molecule has 0 aliphatic rings. The highest BCUT2D eigenvalue weighted by Crippen LogP contribution is 2.16. The van der Waals surface area contributed by atoms with Crippen LogP contribution >= 0.6 is 0 Å². The maximum atomic E-state index is 12.9. The van der Waals surface area contributed by atoms with Crippen LogP contribution in [0.25, 0.3) is 0 Å². The van der Waals surface area contributed by atoms with Gasteiger partial charge in [0.15, 0.2) is 6.10 Å². The van der Waals surface area contributed by atoms with E-state index in [2.05, 4.69) is 130 Å². The summed E-state index contributed by atoms with van der Waals surface area (Å²) in [6.45, 7) is 6.50. The molecule has 0 saturated carbocycles. The summed E-state index contributed by atoms with van der Waals surface area (Å²) in [6, 6.07) is 0. The number of ether oxygens (including phenoxy) is 3. The van der Waals surface area contributed by atoms with Gasteiger partial charge in [0.05, 0.1) is 0 Å². The molecule has 0 N–H and O–H groups in total. The van der Waals surface area contributed by atoms with Crippen LogP contribution in [0.1, 0.15) is 316 Å². The molecule has 0 aromatic heterocycles. The van der Waals surface area contributed by atoms with E-state index in [4.69, 9.17) is 14.2 Å². The Bertz CT molecular complexity index is 1590. The summed E-state index contributed by atoms with van der Waals surface area (Å²) in [7, 11) is 0. The van der Waals surface area contributed by atoms with Crippen molar-refractivity contribution in [1.29, 1.82) is 0 Å². The second-order valence-corrected chi connectivity index (χ2v) is 22.0. The summed E-state index contributed by atoms with van der Waals surface area (Å²) >= 11 is 0. The Kier molecular flexibility index (Phi) is 63.3. The van der Waals surface area contributed by atoms with Crippen LogP contribution in [0.15, 0.2) is 109 Å². The van der Waals surface area contributed by atoms with Crippen LogP contribution in [0.3, 0.4) is 0 Å². The Morgan fingerprint density at radius 1 is 0.266 bits per heavy atom. The van der Waals surface area contributed by atoms with Crippen LogP contribution in [0.4, 0.5) is 0 Å². The first-order valence-corrected chi connectivity index (χ1v) is 33.4. The van der Waals surface area contributed by atoms with E-state index >= 15 is 0 Å². The van der Waals surface area contributed by atoms with Crippen LogP contribution in [-0.2, 0) is 28.6 Å². The van der Waals surface area contributed by atoms with Crippen LogP contribution in [0, 0.1) is 0 Å². The van der Waals surface area contributed by atoms with Crippen molar-refractivity contribution in [2.45, 2.75) is 322 Å². The van der Waals surface area contributed by atoms with Crippen LogP contribution in [0.5, 0.6) is 0 Å². The van der Waals surface area contributed by atoms with Gasteiger partial charge >= 0.3 is 17.9 Å². The first kappa shape index (κ1) is 75.1. The Hall–Kier alpha value is -3.93. The van der Waals surface area contributed by atoms with Gasteiger partial charge in [-0.3, -0.25) is 14.4 Å². The normalized spacial score (nSPS) is 12.8. The summed E-state index contributed by atoms with van der Waals surface area (Å²) in [6.07, 6.45) is 91.0. The van der Waals surface area contributed by atoms with E-state index in [-0.39, 0.29) is 37.5 Å². The molecule has 0 amide bonds. The molecule has 0 radical (unpaired) electrons. The zero-order valence-corrected chi connectivity index (χ0v) is 51.9. The molecule has 0 fully saturated rings. The Balaban J connectivity index is 4.45. The average molecular weight is 1100 g/mol. The van der Waals surface area contributed by atoms with Crippen molar-refractivity contribution in [3.05, 3.63) is 109 Å². The van der Waals surface area contributed by atoms with Crippen LogP contribution in [0.2, 0.25) is 0 Å². The molecule has 6 nitrogen and oxygen atoms in total. The molecule has 0 saturated heterocycles. The number of carbonyl (C=O) groups is 3. The van der Waals surface area contributed by atoms with Gasteiger partial charge in [0, 0.05) is 19.3 Å². The first-order valence-electron chi connectivity index (χ1n) is 33.4. The number of allylic oxidation sites excluding steroid dienone is 18. The molecule has 0 rings (SSSR count). The SMILES string of the molecule is CC/C=C\C/C=C\C/C=C\C/C=C\C/C=C\C/C=C\C/C=C\CCCC(=O)OCC(COC(=O)CCCCCCCCCCCCCCCCC)OC(=O)CCCCCCCCCCCCC/C=C\C/C=C\CCCCCCC. The highest BCUT2D eigenvalue weighted by atomic mass is 16.6. The van der Waals surface area contributed by atoms with Gasteiger partial charge in [-0.25, -0.2) is 0 Å². The fourth-order valence-electron chi connectivity index (χ4n) is 9.29. The number of unbranched alkanes of at least 4 members (excludes halogenated alkanes) is 31. The van der Waals surface area contributed by atoms with Crippen molar-refractivity contribution in [3.63, 3.8) is 0 Å². The standard InChI is InChI=1S/C73H124O6/c1-4-7-10-13-16-19-22-25-28-30-32-34-36-38-40-42-45-48-51-54-57-60-63-66-72(75)78-69-70(68-77-71(74)65-62-59-56-53-50-47-44-27-24-21-18-15-12-9-6-3)79-73(76)67-64-61-58-55-52-49-46-43-41-39-37-35-33-31-29-26-23-20-17-14-11-8-5-2/h7,10,16,19,23,25-26,28,31-34,38,40,45,48,54,57,70H,4-6,8-9,11-15,17-18,20-22,24,27,29-30,35-37,39,41-44,46-47,49-53,55-56,58-69H2,1-3H3/b10-7-,19-16-,26-23-,28-25-,33-31-,34-32-,40-38-,48-45-,57-54-. The fourth-order valence-corrected chi connectivity index (χ4v) is 9.29. The van der Waals surface area contributed by atoms with Crippen molar-refractivity contribution in [1.82, 2.24) is 0 Å². The lowest BCUT2D eigenvalue weighted by molar-refractivity contribution is -0.167. The average Bonchev–Trinajstić information content (AvgIpc) is 3.45. The van der Waals surface area contributed by atoms with Crippen molar-refractivity contribution in [3.8, 4) is 0 Å². The van der Waals surface area contributed by atoms with Crippen molar-refractivity contribution in [2.75, 3.05) is 13.2 Å². The Morgan fingerprint density at radius 2 is 0.506 bits per heavy atom. The lowest BCUT2D eigenvalue weighted by Crippen LogP contribution is -2.30. The van der Waals surface area contributed by atoms with E-state index in [1.165, 1.54) is 173 Å². The van der Waals surface area contributed by atoms with Crippen molar-refractivity contribution >= 4 is 17.9 Å². The van der Waals surface area contributed by atoms with Gasteiger partial charge in [-0.2, -0.15) is 0 Å². The van der Waals surface area contributed by atoms with Gasteiger partial charge in [-0.15, -0.1) is 0 Å². The molecule has 0 bridgehead atoms. The third-order valence-electron chi connectivity index (χ3n) is 14.3. The molecule has 452 valence electrons. The van der Waals surface area contributed by atoms with Crippen molar-refractivity contribution < 1.29 is 28.6 Å². The third-order valence-corrected chi connectivity index (χ3v) is 14.3. The number of esters is 3. The summed E-state index contributed by atoms with van der Waals surface area (Å²) in [5.74, 6) is -0.948. The van der Waals surface area contributed by atoms with E-state index in [1.54, 1.807) is 0 Å². The van der Waals surface area contributed by atoms with E-state index in [0.717, 1.165) is 96.3 Å². The number of rotatable bonds is 60. The largest absolute Gasteiger partial charge is 0.462 e. The number of hydrogen-bond donors (Lipinski definition) is 0. The van der Waals surface area contributed by atoms with Gasteiger partial charge < -0.3 is 14.2 Å². The molecule has 79 heavy (non-hydrogen) atoms. The molecule has 0 aromatic rings. The maximum Gasteiger partial charge on any atom is 0.306 e. The lowest BCUT2D eigenvalue weighted by Gasteiger charge is -2.18. The highest BCUT2D eigenvalue weighted by Gasteiger charge is 2.19. The zero-order valence-electron chi connectivity index (χ0n) is 51.9. The number of hydrogen-bond acceptors (Lipinski definition) is 6. The predicted molar refractivity (Wildman–Crippen MR) is 343 cm³/mol. The van der Waals surface area contributed by atoms with Gasteiger partial charge in [-0.1, -0.05) is 304 Å². The maximum absolute atomic E-state index is 12.9. The topological polar surface area (TPSA) is 78.9 Å². The summed E-state index contributed by atoms with van der Waals surface area (Å²) in [5, 5.41) is 0. The molecule has 1 atom stereocenters. The van der Waals surface area contributed by atoms with E-state index < -0.39 is 6.10 Å². The molecular weight excluding hydrogens is 973 g/mol. The quantitative estimate of drug-likeness (QED) is 0.0261. The zero-order chi connectivity index (χ0) is 57.1. The first-order chi connectivity index (χ1) is 39.0. The molecule has 1 unspecified atom stereocenters. The summed E-state index contributed by atoms with van der Waals surface area (Å²) in [4.78, 5) is 38.4. The second-order valence-electron chi connectivity index (χ2n) is 22.0. The molecule has 0 heterocycles. The molecule has 6 heteroatoms. The monoisotopic (exact) mass is 1100 g/mol.